The van der Waals surface area contributed by atoms with Crippen LogP contribution in [0.1, 0.15) is 29.6 Å². The molecular weight excluding hydrogens is 396 g/mol. The number of carbonyl (C=O) groups excluding carboxylic acids is 2. The lowest BCUT2D eigenvalue weighted by atomic mass is 10.1. The Morgan fingerprint density at radius 1 is 1.00 bits per heavy atom. The van der Waals surface area contributed by atoms with Gasteiger partial charge >= 0.3 is 5.97 Å². The molecule has 1 fully saturated rings. The quantitative estimate of drug-likeness (QED) is 0.544. The third kappa shape index (κ3) is 5.55. The number of carbonyl (C=O) groups is 2. The Morgan fingerprint density at radius 2 is 1.69 bits per heavy atom. The van der Waals surface area contributed by atoms with Gasteiger partial charge in [-0.2, -0.15) is 0 Å². The van der Waals surface area contributed by atoms with E-state index in [-0.39, 0.29) is 24.0 Å². The molecule has 0 saturated carbocycles. The molecule has 0 bridgehead atoms. The first-order valence-corrected chi connectivity index (χ1v) is 10.7. The Hall–Kier alpha value is -2.91. The van der Waals surface area contributed by atoms with Crippen LogP contribution in [0.5, 0.6) is 5.75 Å². The molecule has 0 atom stereocenters. The molecule has 2 aromatic rings. The molecule has 1 heterocycles. The van der Waals surface area contributed by atoms with E-state index in [1.807, 2.05) is 0 Å². The molecule has 0 unspecified atom stereocenters. The number of anilines is 1. The highest BCUT2D eigenvalue weighted by atomic mass is 32.2. The molecule has 1 aliphatic rings. The number of esters is 1. The maximum Gasteiger partial charge on any atom is 0.338 e. The van der Waals surface area contributed by atoms with Crippen LogP contribution in [0.3, 0.4) is 0 Å². The number of ether oxygens (including phenoxy) is 2. The fraction of sp³-hybridized carbons (Fsp3) is 0.300. The van der Waals surface area contributed by atoms with Gasteiger partial charge < -0.3 is 14.4 Å². The van der Waals surface area contributed by atoms with Gasteiger partial charge in [-0.05, 0) is 61.4 Å². The monoisotopic (exact) mass is 418 g/mol. The van der Waals surface area contributed by atoms with Gasteiger partial charge in [0.25, 0.3) is 0 Å². The van der Waals surface area contributed by atoms with Crippen molar-refractivity contribution in [3.05, 3.63) is 54.1 Å². The lowest BCUT2D eigenvalue weighted by molar-refractivity contribution is -0.119. The van der Waals surface area contributed by atoms with Crippen LogP contribution in [-0.2, 0) is 19.6 Å². The summed E-state index contributed by atoms with van der Waals surface area (Å²) in [4.78, 5) is 25.8. The van der Waals surface area contributed by atoms with Gasteiger partial charge in [0.1, 0.15) is 19.0 Å². The summed E-state index contributed by atoms with van der Waals surface area (Å²) in [6.45, 7) is 0.834. The summed E-state index contributed by atoms with van der Waals surface area (Å²) in [7, 11) is -3.75. The number of amides is 1. The molecular formula is C20H22N2O6S. The molecule has 9 heteroatoms. The number of nitrogens with zero attached hydrogens (tertiary/aromatic N) is 1. The zero-order valence-electron chi connectivity index (χ0n) is 15.7. The molecule has 29 heavy (non-hydrogen) atoms. The van der Waals surface area contributed by atoms with Crippen molar-refractivity contribution in [2.24, 2.45) is 5.14 Å². The predicted octanol–water partition coefficient (Wildman–Crippen LogP) is 2.09. The Bertz CT molecular complexity index is 971. The number of nitrogens with two attached hydrogens (primary N) is 1. The number of sulfonamides is 1. The van der Waals surface area contributed by atoms with Crippen molar-refractivity contribution in [1.29, 1.82) is 0 Å². The molecule has 8 nitrogen and oxygen atoms in total. The van der Waals surface area contributed by atoms with Crippen molar-refractivity contribution in [3.8, 4) is 5.75 Å². The number of piperidine rings is 1. The second-order valence-electron chi connectivity index (χ2n) is 6.55. The van der Waals surface area contributed by atoms with Gasteiger partial charge in [0.05, 0.1) is 10.5 Å². The lowest BCUT2D eigenvalue weighted by Crippen LogP contribution is -2.35. The van der Waals surface area contributed by atoms with E-state index < -0.39 is 16.0 Å². The third-order valence-corrected chi connectivity index (χ3v) is 5.40. The first kappa shape index (κ1) is 20.8. The first-order valence-electron chi connectivity index (χ1n) is 9.18. The van der Waals surface area contributed by atoms with Crippen LogP contribution in [-0.4, -0.2) is 40.1 Å². The van der Waals surface area contributed by atoms with Crippen molar-refractivity contribution >= 4 is 27.6 Å². The van der Waals surface area contributed by atoms with Crippen LogP contribution < -0.4 is 14.8 Å². The standard InChI is InChI=1S/C20H22N2O6S/c21-29(25,26)18-10-8-17(9-11-18)27-13-14-28-20(24)15-4-6-16(7-5-15)22-12-2-1-3-19(22)23/h4-11H,1-3,12-14H2,(H2,21,25,26). The molecule has 0 spiro atoms. The number of hydrogen-bond acceptors (Lipinski definition) is 6. The van der Waals surface area contributed by atoms with E-state index in [0.29, 0.717) is 24.3 Å². The van der Waals surface area contributed by atoms with E-state index in [4.69, 9.17) is 14.6 Å². The SMILES string of the molecule is NS(=O)(=O)c1ccc(OCCOC(=O)c2ccc(N3CCCCC3=O)cc2)cc1. The first-order chi connectivity index (χ1) is 13.8. The molecule has 3 rings (SSSR count). The van der Waals surface area contributed by atoms with Gasteiger partial charge in [0.2, 0.25) is 15.9 Å². The van der Waals surface area contributed by atoms with Gasteiger partial charge in [-0.25, -0.2) is 18.4 Å². The van der Waals surface area contributed by atoms with E-state index in [0.717, 1.165) is 18.5 Å². The minimum Gasteiger partial charge on any atom is -0.490 e. The number of primary sulfonamides is 1. The highest BCUT2D eigenvalue weighted by Gasteiger charge is 2.19. The largest absolute Gasteiger partial charge is 0.490 e. The smallest absolute Gasteiger partial charge is 0.338 e. The lowest BCUT2D eigenvalue weighted by Gasteiger charge is -2.26. The maximum absolute atomic E-state index is 12.1. The van der Waals surface area contributed by atoms with Crippen molar-refractivity contribution in [2.75, 3.05) is 24.7 Å². The fourth-order valence-electron chi connectivity index (χ4n) is 2.96. The van der Waals surface area contributed by atoms with Crippen LogP contribution in [0.15, 0.2) is 53.4 Å². The highest BCUT2D eigenvalue weighted by Crippen LogP contribution is 2.21. The number of hydrogen-bond donors (Lipinski definition) is 1. The summed E-state index contributed by atoms with van der Waals surface area (Å²) in [5.41, 5.74) is 1.16. The molecule has 2 N–H and O–H groups in total. The molecule has 0 radical (unpaired) electrons. The number of rotatable bonds is 7. The summed E-state index contributed by atoms with van der Waals surface area (Å²) in [6.07, 6.45) is 2.44. The second kappa shape index (κ2) is 9.06. The molecule has 0 aliphatic carbocycles. The van der Waals surface area contributed by atoms with E-state index in [1.165, 1.54) is 24.3 Å². The molecule has 1 saturated heterocycles. The Balaban J connectivity index is 1.46. The van der Waals surface area contributed by atoms with Crippen LogP contribution >= 0.6 is 0 Å². The minimum atomic E-state index is -3.75. The average Bonchev–Trinajstić information content (AvgIpc) is 2.71. The second-order valence-corrected chi connectivity index (χ2v) is 8.11. The van der Waals surface area contributed by atoms with Crippen molar-refractivity contribution in [3.63, 3.8) is 0 Å². The van der Waals surface area contributed by atoms with E-state index in [1.54, 1.807) is 29.2 Å². The topological polar surface area (TPSA) is 116 Å². The Morgan fingerprint density at radius 3 is 2.31 bits per heavy atom. The van der Waals surface area contributed by atoms with Crippen LogP contribution in [0, 0.1) is 0 Å². The summed E-state index contributed by atoms with van der Waals surface area (Å²) >= 11 is 0. The van der Waals surface area contributed by atoms with Gasteiger partial charge in [0.15, 0.2) is 0 Å². The van der Waals surface area contributed by atoms with Gasteiger partial charge in [0, 0.05) is 18.7 Å². The molecule has 154 valence electrons. The summed E-state index contributed by atoms with van der Waals surface area (Å²) in [5, 5.41) is 5.03. The maximum atomic E-state index is 12.1. The van der Waals surface area contributed by atoms with E-state index >= 15 is 0 Å². The molecule has 0 aromatic heterocycles. The summed E-state index contributed by atoms with van der Waals surface area (Å²) < 4.78 is 33.0. The molecule has 2 aromatic carbocycles. The highest BCUT2D eigenvalue weighted by molar-refractivity contribution is 7.89. The van der Waals surface area contributed by atoms with Crippen LogP contribution in [0.2, 0.25) is 0 Å². The van der Waals surface area contributed by atoms with Crippen molar-refractivity contribution in [2.45, 2.75) is 24.2 Å². The Kier molecular flexibility index (Phi) is 6.50. The molecule has 1 aliphatic heterocycles. The zero-order valence-corrected chi connectivity index (χ0v) is 16.6. The third-order valence-electron chi connectivity index (χ3n) is 4.48. The van der Waals surface area contributed by atoms with Crippen LogP contribution in [0.25, 0.3) is 0 Å². The van der Waals surface area contributed by atoms with E-state index in [2.05, 4.69) is 0 Å². The fourth-order valence-corrected chi connectivity index (χ4v) is 3.47. The zero-order chi connectivity index (χ0) is 20.9. The Labute approximate surface area is 169 Å². The van der Waals surface area contributed by atoms with Crippen molar-refractivity contribution < 1.29 is 27.5 Å². The van der Waals surface area contributed by atoms with Gasteiger partial charge in [-0.15, -0.1) is 0 Å². The normalized spacial score (nSPS) is 14.5. The predicted molar refractivity (Wildman–Crippen MR) is 106 cm³/mol. The summed E-state index contributed by atoms with van der Waals surface area (Å²) in [5.74, 6) is 0.0412. The number of benzene rings is 2. The molecule has 1 amide bonds. The average molecular weight is 418 g/mol. The van der Waals surface area contributed by atoms with Crippen LogP contribution in [0.4, 0.5) is 5.69 Å². The summed E-state index contributed by atoms with van der Waals surface area (Å²) in [6, 6.07) is 12.4. The van der Waals surface area contributed by atoms with Gasteiger partial charge in [-0.1, -0.05) is 0 Å². The van der Waals surface area contributed by atoms with Crippen molar-refractivity contribution in [1.82, 2.24) is 0 Å². The van der Waals surface area contributed by atoms with E-state index in [9.17, 15) is 18.0 Å². The van der Waals surface area contributed by atoms with Gasteiger partial charge in [-0.3, -0.25) is 4.79 Å². The minimum absolute atomic E-state index is 0.00835.